The van der Waals surface area contributed by atoms with Crippen molar-refractivity contribution < 1.29 is 19.0 Å². The summed E-state index contributed by atoms with van der Waals surface area (Å²) in [6, 6.07) is 0. The average molecular weight is 370 g/mol. The molecule has 0 aromatic carbocycles. The van der Waals surface area contributed by atoms with Crippen LogP contribution in [0.1, 0.15) is 51.9 Å². The molecule has 150 valence electrons. The summed E-state index contributed by atoms with van der Waals surface area (Å²) in [5.74, 6) is 0.863. The number of rotatable bonds is 9. The van der Waals surface area contributed by atoms with Crippen molar-refractivity contribution in [3.63, 3.8) is 0 Å². The van der Waals surface area contributed by atoms with Crippen LogP contribution in [0.5, 0.6) is 0 Å². The SMILES string of the molecule is CCOC(=O)CCCCCCNC(=NC)N1CCOC(C2CCCO2)C1. The van der Waals surface area contributed by atoms with E-state index in [-0.39, 0.29) is 18.2 Å². The molecule has 26 heavy (non-hydrogen) atoms. The molecule has 2 fully saturated rings. The van der Waals surface area contributed by atoms with Crippen molar-refractivity contribution in [3.05, 3.63) is 0 Å². The zero-order chi connectivity index (χ0) is 18.6. The van der Waals surface area contributed by atoms with Crippen molar-refractivity contribution in [2.45, 2.75) is 64.1 Å². The molecule has 2 atom stereocenters. The molecule has 2 aliphatic rings. The number of morpholine rings is 1. The summed E-state index contributed by atoms with van der Waals surface area (Å²) < 4.78 is 16.6. The van der Waals surface area contributed by atoms with E-state index in [1.54, 1.807) is 0 Å². The molecule has 0 bridgehead atoms. The molecule has 0 saturated carbocycles. The maximum absolute atomic E-state index is 11.3. The van der Waals surface area contributed by atoms with E-state index in [1.807, 2.05) is 14.0 Å². The third-order valence-electron chi connectivity index (χ3n) is 4.88. The number of guanidine groups is 1. The number of unbranched alkanes of at least 4 members (excludes halogenated alkanes) is 3. The molecule has 2 rings (SSSR count). The van der Waals surface area contributed by atoms with Crippen LogP contribution in [0.4, 0.5) is 0 Å². The summed E-state index contributed by atoms with van der Waals surface area (Å²) in [6.45, 7) is 6.48. The number of aliphatic imine (C=N–C) groups is 1. The standard InChI is InChI=1S/C19H35N3O4/c1-3-24-18(23)10-6-4-5-7-11-21-19(20-2)22-12-14-26-17(15-22)16-9-8-13-25-16/h16-17H,3-15H2,1-2H3,(H,20,21). The molecular weight excluding hydrogens is 334 g/mol. The second-order valence-corrected chi connectivity index (χ2v) is 6.85. The van der Waals surface area contributed by atoms with Crippen LogP contribution in [0.2, 0.25) is 0 Å². The molecule has 0 aromatic heterocycles. The second kappa shape index (κ2) is 12.1. The van der Waals surface area contributed by atoms with E-state index in [1.165, 1.54) is 0 Å². The van der Waals surface area contributed by atoms with Gasteiger partial charge in [-0.25, -0.2) is 0 Å². The van der Waals surface area contributed by atoms with Crippen LogP contribution in [-0.4, -0.2) is 75.5 Å². The third kappa shape index (κ3) is 7.11. The van der Waals surface area contributed by atoms with Crippen molar-refractivity contribution in [2.24, 2.45) is 4.99 Å². The molecule has 0 amide bonds. The number of carbonyl (C=O) groups excluding carboxylic acids is 1. The van der Waals surface area contributed by atoms with Crippen molar-refractivity contribution >= 4 is 11.9 Å². The molecular formula is C19H35N3O4. The van der Waals surface area contributed by atoms with Crippen LogP contribution in [0, 0.1) is 0 Å². The Morgan fingerprint density at radius 2 is 2.00 bits per heavy atom. The van der Waals surface area contributed by atoms with E-state index >= 15 is 0 Å². The molecule has 7 heteroatoms. The summed E-state index contributed by atoms with van der Waals surface area (Å²) in [7, 11) is 1.83. The van der Waals surface area contributed by atoms with Gasteiger partial charge in [0.15, 0.2) is 5.96 Å². The van der Waals surface area contributed by atoms with Gasteiger partial charge in [0.05, 0.1) is 19.3 Å². The number of ether oxygens (including phenoxy) is 3. The second-order valence-electron chi connectivity index (χ2n) is 6.85. The van der Waals surface area contributed by atoms with E-state index in [4.69, 9.17) is 14.2 Å². The van der Waals surface area contributed by atoms with Crippen LogP contribution in [0.3, 0.4) is 0 Å². The van der Waals surface area contributed by atoms with Gasteiger partial charge >= 0.3 is 5.97 Å². The maximum Gasteiger partial charge on any atom is 0.305 e. The van der Waals surface area contributed by atoms with Gasteiger partial charge in [-0.05, 0) is 32.6 Å². The lowest BCUT2D eigenvalue weighted by Gasteiger charge is -2.37. The van der Waals surface area contributed by atoms with Crippen molar-refractivity contribution in [3.8, 4) is 0 Å². The van der Waals surface area contributed by atoms with Crippen LogP contribution in [0.25, 0.3) is 0 Å². The van der Waals surface area contributed by atoms with Crippen molar-refractivity contribution in [1.82, 2.24) is 10.2 Å². The van der Waals surface area contributed by atoms with Gasteiger partial charge in [0.2, 0.25) is 0 Å². The van der Waals surface area contributed by atoms with E-state index in [0.717, 1.165) is 77.3 Å². The lowest BCUT2D eigenvalue weighted by molar-refractivity contribution is -0.143. The first kappa shape index (κ1) is 21.0. The normalized spacial score (nSPS) is 23.9. The molecule has 0 spiro atoms. The van der Waals surface area contributed by atoms with Crippen molar-refractivity contribution in [2.75, 3.05) is 46.5 Å². The maximum atomic E-state index is 11.3. The third-order valence-corrected chi connectivity index (χ3v) is 4.88. The zero-order valence-electron chi connectivity index (χ0n) is 16.4. The molecule has 0 aliphatic carbocycles. The minimum atomic E-state index is -0.0841. The number of esters is 1. The number of nitrogens with one attached hydrogen (secondary N) is 1. The first-order valence-corrected chi connectivity index (χ1v) is 10.1. The van der Waals surface area contributed by atoms with E-state index in [2.05, 4.69) is 15.2 Å². The van der Waals surface area contributed by atoms with Gasteiger partial charge in [-0.2, -0.15) is 0 Å². The predicted molar refractivity (Wildman–Crippen MR) is 101 cm³/mol. The van der Waals surface area contributed by atoms with E-state index in [9.17, 15) is 4.79 Å². The number of carbonyl (C=O) groups is 1. The number of hydrogen-bond donors (Lipinski definition) is 1. The Morgan fingerprint density at radius 3 is 2.73 bits per heavy atom. The minimum Gasteiger partial charge on any atom is -0.466 e. The summed E-state index contributed by atoms with van der Waals surface area (Å²) in [4.78, 5) is 18.0. The molecule has 0 radical (unpaired) electrons. The lowest BCUT2D eigenvalue weighted by Crippen LogP contribution is -2.53. The molecule has 0 aromatic rings. The van der Waals surface area contributed by atoms with E-state index < -0.39 is 0 Å². The highest BCUT2D eigenvalue weighted by Gasteiger charge is 2.32. The zero-order valence-corrected chi connectivity index (χ0v) is 16.4. The molecule has 2 saturated heterocycles. The summed E-state index contributed by atoms with van der Waals surface area (Å²) >= 11 is 0. The predicted octanol–water partition coefficient (Wildman–Crippen LogP) is 1.96. The Morgan fingerprint density at radius 1 is 1.19 bits per heavy atom. The first-order valence-electron chi connectivity index (χ1n) is 10.1. The van der Waals surface area contributed by atoms with Gasteiger partial charge in [0.1, 0.15) is 6.10 Å². The first-order chi connectivity index (χ1) is 12.7. The molecule has 1 N–H and O–H groups in total. The van der Waals surface area contributed by atoms with Crippen LogP contribution >= 0.6 is 0 Å². The Kier molecular flexibility index (Phi) is 9.77. The molecule has 2 heterocycles. The highest BCUT2D eigenvalue weighted by atomic mass is 16.5. The van der Waals surface area contributed by atoms with Gasteiger partial charge in [-0.1, -0.05) is 12.8 Å². The molecule has 2 aliphatic heterocycles. The molecule has 2 unspecified atom stereocenters. The van der Waals surface area contributed by atoms with Gasteiger partial charge < -0.3 is 24.4 Å². The summed E-state index contributed by atoms with van der Waals surface area (Å²) in [5.41, 5.74) is 0. The van der Waals surface area contributed by atoms with Gasteiger partial charge in [0, 0.05) is 39.7 Å². The van der Waals surface area contributed by atoms with Crippen LogP contribution in [0.15, 0.2) is 4.99 Å². The van der Waals surface area contributed by atoms with Crippen molar-refractivity contribution in [1.29, 1.82) is 0 Å². The highest BCUT2D eigenvalue weighted by Crippen LogP contribution is 2.21. The average Bonchev–Trinajstić information content (AvgIpc) is 3.19. The van der Waals surface area contributed by atoms with Crippen LogP contribution < -0.4 is 5.32 Å². The smallest absolute Gasteiger partial charge is 0.305 e. The fourth-order valence-corrected chi connectivity index (χ4v) is 3.50. The Hall–Kier alpha value is -1.34. The van der Waals surface area contributed by atoms with Gasteiger partial charge in [0.25, 0.3) is 0 Å². The van der Waals surface area contributed by atoms with Gasteiger partial charge in [-0.3, -0.25) is 9.79 Å². The fourth-order valence-electron chi connectivity index (χ4n) is 3.50. The fraction of sp³-hybridized carbons (Fsp3) is 0.895. The largest absolute Gasteiger partial charge is 0.466 e. The Balaban J connectivity index is 1.59. The minimum absolute atomic E-state index is 0.0841. The molecule has 7 nitrogen and oxygen atoms in total. The number of nitrogens with zero attached hydrogens (tertiary/aromatic N) is 2. The van der Waals surface area contributed by atoms with E-state index in [0.29, 0.717) is 13.0 Å². The van der Waals surface area contributed by atoms with Gasteiger partial charge in [-0.15, -0.1) is 0 Å². The Bertz CT molecular complexity index is 439. The number of hydrogen-bond acceptors (Lipinski definition) is 5. The van der Waals surface area contributed by atoms with Crippen LogP contribution in [-0.2, 0) is 19.0 Å². The topological polar surface area (TPSA) is 72.4 Å². The lowest BCUT2D eigenvalue weighted by atomic mass is 10.1. The quantitative estimate of drug-likeness (QED) is 0.290. The summed E-state index contributed by atoms with van der Waals surface area (Å²) in [6.07, 6.45) is 7.26. The highest BCUT2D eigenvalue weighted by molar-refractivity contribution is 5.80. The Labute approximate surface area is 157 Å². The summed E-state index contributed by atoms with van der Waals surface area (Å²) in [5, 5.41) is 3.46. The monoisotopic (exact) mass is 369 g/mol.